The minimum atomic E-state index is -3.44. The lowest BCUT2D eigenvalue weighted by atomic mass is 9.99. The summed E-state index contributed by atoms with van der Waals surface area (Å²) in [6.07, 6.45) is 2.30. The van der Waals surface area contributed by atoms with E-state index < -0.39 is 7.82 Å². The van der Waals surface area contributed by atoms with E-state index in [2.05, 4.69) is 25.6 Å². The Balaban J connectivity index is 4.28. The maximum atomic E-state index is 11.3. The molecule has 0 aromatic rings. The first-order valence-corrected chi connectivity index (χ1v) is 5.21. The van der Waals surface area contributed by atoms with E-state index in [1.807, 2.05) is 20.8 Å². The summed E-state index contributed by atoms with van der Waals surface area (Å²) in [4.78, 5) is 0. The first-order chi connectivity index (χ1) is 5.83. The molecule has 0 aromatic heterocycles. The third kappa shape index (κ3) is 5.70. The molecule has 0 heterocycles. The van der Waals surface area contributed by atoms with Gasteiger partial charge in [-0.1, -0.05) is 5.92 Å². The lowest BCUT2D eigenvalue weighted by Gasteiger charge is -2.10. The van der Waals surface area contributed by atoms with Crippen LogP contribution in [0.1, 0.15) is 20.8 Å². The van der Waals surface area contributed by atoms with Gasteiger partial charge in [0.2, 0.25) is 0 Å². The minimum absolute atomic E-state index is 0.202. The van der Waals surface area contributed by atoms with Gasteiger partial charge in [-0.05, 0) is 20.8 Å². The second-order valence-electron chi connectivity index (χ2n) is 3.38. The lowest BCUT2D eigenvalue weighted by Crippen LogP contribution is -2.00. The van der Waals surface area contributed by atoms with Gasteiger partial charge >= 0.3 is 7.82 Å². The van der Waals surface area contributed by atoms with Crippen LogP contribution in [0.2, 0.25) is 0 Å². The van der Waals surface area contributed by atoms with E-state index in [1.54, 1.807) is 0 Å². The van der Waals surface area contributed by atoms with Gasteiger partial charge in [0, 0.05) is 19.6 Å². The van der Waals surface area contributed by atoms with Crippen LogP contribution in [0.3, 0.4) is 0 Å². The molecule has 0 saturated heterocycles. The molecule has 0 unspecified atom stereocenters. The van der Waals surface area contributed by atoms with Crippen LogP contribution in [0, 0.1) is 17.4 Å². The summed E-state index contributed by atoms with van der Waals surface area (Å²) in [5.74, 6) is 2.74. The summed E-state index contributed by atoms with van der Waals surface area (Å²) in [7, 11) is -0.963. The molecule has 13 heavy (non-hydrogen) atoms. The van der Waals surface area contributed by atoms with Crippen LogP contribution in [-0.2, 0) is 18.1 Å². The van der Waals surface area contributed by atoms with Crippen molar-refractivity contribution in [2.75, 3.05) is 14.2 Å². The van der Waals surface area contributed by atoms with Crippen molar-refractivity contribution in [3.05, 3.63) is 0 Å². The number of hydrogen-bond acceptors (Lipinski definition) is 4. The molecule has 0 radical (unpaired) electrons. The van der Waals surface area contributed by atoms with E-state index in [4.69, 9.17) is 0 Å². The molecule has 0 atom stereocenters. The molecule has 0 aliphatic heterocycles. The van der Waals surface area contributed by atoms with E-state index in [0.717, 1.165) is 0 Å². The van der Waals surface area contributed by atoms with E-state index in [0.29, 0.717) is 0 Å². The highest BCUT2D eigenvalue weighted by Crippen LogP contribution is 2.47. The maximum absolute atomic E-state index is 11.3. The molecule has 0 rings (SSSR count). The predicted octanol–water partition coefficient (Wildman–Crippen LogP) is 2.41. The van der Waals surface area contributed by atoms with Gasteiger partial charge in [0.15, 0.2) is 0 Å². The Bertz CT molecular complexity index is 248. The standard InChI is InChI=1S/C8H15O4P/c1-8(2,3)6-7-12-13(9,10-4)11-5/h1-5H3. The zero-order valence-electron chi connectivity index (χ0n) is 8.58. The number of rotatable bonds is 3. The molecule has 0 spiro atoms. The molecule has 0 saturated carbocycles. The van der Waals surface area contributed by atoms with Gasteiger partial charge in [-0.15, -0.1) is 0 Å². The Labute approximate surface area is 79.2 Å². The van der Waals surface area contributed by atoms with Gasteiger partial charge < -0.3 is 4.52 Å². The Morgan fingerprint density at radius 1 is 1.15 bits per heavy atom. The molecular formula is C8H15O4P. The Morgan fingerprint density at radius 2 is 1.62 bits per heavy atom. The van der Waals surface area contributed by atoms with Crippen LogP contribution in [-0.4, -0.2) is 14.2 Å². The summed E-state index contributed by atoms with van der Waals surface area (Å²) >= 11 is 0. The first-order valence-electron chi connectivity index (χ1n) is 3.75. The fourth-order valence-corrected chi connectivity index (χ4v) is 0.836. The highest BCUT2D eigenvalue weighted by molar-refractivity contribution is 7.48. The second kappa shape index (κ2) is 4.66. The Kier molecular flexibility index (Phi) is 4.49. The maximum Gasteiger partial charge on any atom is 0.538 e. The van der Waals surface area contributed by atoms with Gasteiger partial charge in [0.25, 0.3) is 0 Å². The third-order valence-electron chi connectivity index (χ3n) is 1.03. The van der Waals surface area contributed by atoms with E-state index >= 15 is 0 Å². The summed E-state index contributed by atoms with van der Waals surface area (Å²) in [5.41, 5.74) is -0.202. The van der Waals surface area contributed by atoms with Gasteiger partial charge in [0.1, 0.15) is 6.11 Å². The molecule has 4 nitrogen and oxygen atoms in total. The molecule has 0 aliphatic rings. The highest BCUT2D eigenvalue weighted by atomic mass is 31.2. The van der Waals surface area contributed by atoms with E-state index in [-0.39, 0.29) is 5.41 Å². The fraction of sp³-hybridized carbons (Fsp3) is 0.750. The molecule has 0 N–H and O–H groups in total. The second-order valence-corrected chi connectivity index (χ2v) is 5.19. The average molecular weight is 206 g/mol. The van der Waals surface area contributed by atoms with Crippen molar-refractivity contribution in [1.82, 2.24) is 0 Å². The van der Waals surface area contributed by atoms with Crippen LogP contribution in [0.25, 0.3) is 0 Å². The van der Waals surface area contributed by atoms with Crippen molar-refractivity contribution in [1.29, 1.82) is 0 Å². The van der Waals surface area contributed by atoms with Crippen LogP contribution >= 0.6 is 7.82 Å². The normalized spacial score (nSPS) is 11.8. The molecular weight excluding hydrogens is 191 g/mol. The quantitative estimate of drug-likeness (QED) is 0.525. The fourth-order valence-electron chi connectivity index (χ4n) is 0.381. The third-order valence-corrected chi connectivity index (χ3v) is 2.24. The molecule has 76 valence electrons. The summed E-state index contributed by atoms with van der Waals surface area (Å²) < 4.78 is 24.9. The smallest absolute Gasteiger partial charge is 0.350 e. The van der Waals surface area contributed by atoms with Crippen LogP contribution in [0.5, 0.6) is 0 Å². The molecule has 0 amide bonds. The zero-order valence-corrected chi connectivity index (χ0v) is 9.47. The van der Waals surface area contributed by atoms with Crippen molar-refractivity contribution >= 4 is 7.82 Å². The zero-order chi connectivity index (χ0) is 10.5. The van der Waals surface area contributed by atoms with Crippen molar-refractivity contribution < 1.29 is 18.1 Å². The number of hydrogen-bond donors (Lipinski definition) is 0. The Hall–Kier alpha value is -0.490. The van der Waals surface area contributed by atoms with Crippen LogP contribution < -0.4 is 0 Å². The average Bonchev–Trinajstić information content (AvgIpc) is 2.02. The molecule has 0 aliphatic carbocycles. The molecule has 5 heteroatoms. The highest BCUT2D eigenvalue weighted by Gasteiger charge is 2.22. The lowest BCUT2D eigenvalue weighted by molar-refractivity contribution is 0.200. The molecule has 0 fully saturated rings. The largest absolute Gasteiger partial charge is 0.538 e. The van der Waals surface area contributed by atoms with Crippen LogP contribution in [0.4, 0.5) is 0 Å². The SMILES string of the molecule is COP(=O)(OC)OC#CC(C)(C)C. The predicted molar refractivity (Wildman–Crippen MR) is 49.9 cm³/mol. The van der Waals surface area contributed by atoms with Crippen molar-refractivity contribution in [2.45, 2.75) is 20.8 Å². The van der Waals surface area contributed by atoms with E-state index in [9.17, 15) is 4.57 Å². The summed E-state index contributed by atoms with van der Waals surface area (Å²) in [6, 6.07) is 0. The number of phosphoric ester groups is 1. The van der Waals surface area contributed by atoms with Gasteiger partial charge in [-0.3, -0.25) is 9.05 Å². The molecule has 0 aromatic carbocycles. The topological polar surface area (TPSA) is 44.8 Å². The van der Waals surface area contributed by atoms with E-state index in [1.165, 1.54) is 14.2 Å². The van der Waals surface area contributed by atoms with Crippen molar-refractivity contribution in [2.24, 2.45) is 5.41 Å². The summed E-state index contributed by atoms with van der Waals surface area (Å²) in [5, 5.41) is 0. The molecule has 0 bridgehead atoms. The summed E-state index contributed by atoms with van der Waals surface area (Å²) in [6.45, 7) is 5.73. The Morgan fingerprint density at radius 3 is 1.92 bits per heavy atom. The number of phosphoric acid groups is 1. The first kappa shape index (κ1) is 12.5. The monoisotopic (exact) mass is 206 g/mol. The van der Waals surface area contributed by atoms with Crippen molar-refractivity contribution in [3.8, 4) is 12.0 Å². The van der Waals surface area contributed by atoms with Crippen molar-refractivity contribution in [3.63, 3.8) is 0 Å². The minimum Gasteiger partial charge on any atom is -0.350 e. The van der Waals surface area contributed by atoms with Crippen LogP contribution in [0.15, 0.2) is 0 Å². The van der Waals surface area contributed by atoms with Gasteiger partial charge in [-0.25, -0.2) is 4.57 Å². The van der Waals surface area contributed by atoms with Gasteiger partial charge in [-0.2, -0.15) is 0 Å². The van der Waals surface area contributed by atoms with Gasteiger partial charge in [0.05, 0.1) is 0 Å².